The second-order valence-corrected chi connectivity index (χ2v) is 8.55. The van der Waals surface area contributed by atoms with E-state index in [1.807, 2.05) is 25.2 Å². The minimum Gasteiger partial charge on any atom is -0.493 e. The monoisotopic (exact) mass is 502 g/mol. The Labute approximate surface area is 194 Å². The van der Waals surface area contributed by atoms with Gasteiger partial charge in [0.05, 0.1) is 33.1 Å². The van der Waals surface area contributed by atoms with Gasteiger partial charge in [-0.05, 0) is 42.5 Å². The number of hydrazone groups is 1. The standard InChI is InChI=1S/C22H23BrN4O3S/c1-26-11-15(14-9-13(23)5-6-17(14)26)18-10-16(25-27(18)22(24)31)12-7-19(28-2)21(30-4)20(8-12)29-3/h5-9,11,18H,10H2,1-4H3,(H2,24,31). The number of nitrogens with zero attached hydrogens (tertiary/aromatic N) is 3. The molecule has 0 saturated heterocycles. The van der Waals surface area contributed by atoms with Gasteiger partial charge in [-0.1, -0.05) is 15.9 Å². The van der Waals surface area contributed by atoms with Gasteiger partial charge in [-0.15, -0.1) is 0 Å². The van der Waals surface area contributed by atoms with E-state index in [1.54, 1.807) is 26.3 Å². The van der Waals surface area contributed by atoms with Crippen molar-refractivity contribution in [1.82, 2.24) is 9.58 Å². The van der Waals surface area contributed by atoms with Crippen LogP contribution >= 0.6 is 28.1 Å². The van der Waals surface area contributed by atoms with Crippen LogP contribution in [0.3, 0.4) is 0 Å². The summed E-state index contributed by atoms with van der Waals surface area (Å²) in [5, 5.41) is 7.83. The van der Waals surface area contributed by atoms with Gasteiger partial charge in [-0.2, -0.15) is 5.10 Å². The highest BCUT2D eigenvalue weighted by Gasteiger charge is 2.33. The van der Waals surface area contributed by atoms with E-state index in [0.29, 0.717) is 23.7 Å². The normalized spacial score (nSPS) is 15.8. The van der Waals surface area contributed by atoms with Crippen LogP contribution in [0.25, 0.3) is 10.9 Å². The Morgan fingerprint density at radius 1 is 1.13 bits per heavy atom. The molecule has 2 heterocycles. The molecular formula is C22H23BrN4O3S. The van der Waals surface area contributed by atoms with E-state index in [0.717, 1.165) is 32.2 Å². The average molecular weight is 503 g/mol. The van der Waals surface area contributed by atoms with Crippen LogP contribution in [-0.4, -0.2) is 41.7 Å². The molecule has 1 unspecified atom stereocenters. The third kappa shape index (κ3) is 3.72. The largest absolute Gasteiger partial charge is 0.493 e. The number of hydrogen-bond donors (Lipinski definition) is 1. The second-order valence-electron chi connectivity index (χ2n) is 7.22. The van der Waals surface area contributed by atoms with Crippen molar-refractivity contribution in [3.63, 3.8) is 0 Å². The van der Waals surface area contributed by atoms with Crippen LogP contribution in [0, 0.1) is 0 Å². The molecule has 0 radical (unpaired) electrons. The molecular weight excluding hydrogens is 480 g/mol. The predicted molar refractivity (Wildman–Crippen MR) is 129 cm³/mol. The van der Waals surface area contributed by atoms with E-state index in [1.165, 1.54) is 0 Å². The third-order valence-electron chi connectivity index (χ3n) is 5.48. The number of aromatic nitrogens is 1. The number of ether oxygens (including phenoxy) is 3. The molecule has 0 aliphatic carbocycles. The second kappa shape index (κ2) is 8.39. The minimum absolute atomic E-state index is 0.121. The average Bonchev–Trinajstić information content (AvgIpc) is 3.34. The molecule has 1 atom stereocenters. The van der Waals surface area contributed by atoms with Crippen molar-refractivity contribution in [2.24, 2.45) is 17.9 Å². The molecule has 7 nitrogen and oxygen atoms in total. The van der Waals surface area contributed by atoms with Gasteiger partial charge in [0.15, 0.2) is 16.6 Å². The Bertz CT molecular complexity index is 1180. The number of aryl methyl sites for hydroxylation is 1. The van der Waals surface area contributed by atoms with Crippen LogP contribution in [0.5, 0.6) is 17.2 Å². The number of nitrogens with two attached hydrogens (primary N) is 1. The summed E-state index contributed by atoms with van der Waals surface area (Å²) >= 11 is 8.92. The maximum Gasteiger partial charge on any atom is 0.203 e. The molecule has 9 heteroatoms. The van der Waals surface area contributed by atoms with Gasteiger partial charge in [-0.3, -0.25) is 0 Å². The van der Waals surface area contributed by atoms with E-state index < -0.39 is 0 Å². The molecule has 0 amide bonds. The van der Waals surface area contributed by atoms with E-state index in [9.17, 15) is 0 Å². The Morgan fingerprint density at radius 3 is 2.39 bits per heavy atom. The van der Waals surface area contributed by atoms with Crippen molar-refractivity contribution < 1.29 is 14.2 Å². The number of fused-ring (bicyclic) bond motifs is 1. The summed E-state index contributed by atoms with van der Waals surface area (Å²) in [5.74, 6) is 1.67. The molecule has 31 heavy (non-hydrogen) atoms. The molecule has 0 bridgehead atoms. The summed E-state index contributed by atoms with van der Waals surface area (Å²) in [6, 6.07) is 9.89. The van der Waals surface area contributed by atoms with Crippen LogP contribution in [0.15, 0.2) is 46.1 Å². The zero-order valence-corrected chi connectivity index (χ0v) is 20.1. The quantitative estimate of drug-likeness (QED) is 0.522. The number of hydrogen-bond acceptors (Lipinski definition) is 5. The van der Waals surface area contributed by atoms with E-state index in [2.05, 4.69) is 38.8 Å². The fourth-order valence-corrected chi connectivity index (χ4v) is 4.57. The van der Waals surface area contributed by atoms with Crippen molar-refractivity contribution in [1.29, 1.82) is 0 Å². The highest BCUT2D eigenvalue weighted by molar-refractivity contribution is 9.10. The number of thiocarbonyl (C=S) groups is 1. The van der Waals surface area contributed by atoms with Crippen LogP contribution in [0.4, 0.5) is 0 Å². The first-order chi connectivity index (χ1) is 14.9. The highest BCUT2D eigenvalue weighted by Crippen LogP contribution is 2.42. The van der Waals surface area contributed by atoms with Crippen LogP contribution < -0.4 is 19.9 Å². The summed E-state index contributed by atoms with van der Waals surface area (Å²) in [7, 11) is 6.79. The van der Waals surface area contributed by atoms with Gasteiger partial charge in [-0.25, -0.2) is 5.01 Å². The number of benzene rings is 2. The molecule has 1 aliphatic rings. The molecule has 4 rings (SSSR count). The maximum atomic E-state index is 6.07. The molecule has 3 aromatic rings. The Hall–Kier alpha value is -2.78. The van der Waals surface area contributed by atoms with Crippen molar-refractivity contribution in [2.75, 3.05) is 21.3 Å². The van der Waals surface area contributed by atoms with Crippen molar-refractivity contribution >= 4 is 49.9 Å². The molecule has 1 aromatic heterocycles. The minimum atomic E-state index is -0.121. The lowest BCUT2D eigenvalue weighted by Crippen LogP contribution is -2.31. The smallest absolute Gasteiger partial charge is 0.203 e. The van der Waals surface area contributed by atoms with Gasteiger partial charge in [0.25, 0.3) is 0 Å². The topological polar surface area (TPSA) is 74.2 Å². The van der Waals surface area contributed by atoms with Gasteiger partial charge in [0.2, 0.25) is 5.75 Å². The molecule has 0 fully saturated rings. The molecule has 1 aliphatic heterocycles. The van der Waals surface area contributed by atoms with Gasteiger partial charge >= 0.3 is 0 Å². The van der Waals surface area contributed by atoms with Gasteiger partial charge < -0.3 is 24.5 Å². The Morgan fingerprint density at radius 2 is 1.81 bits per heavy atom. The third-order valence-corrected chi connectivity index (χ3v) is 6.16. The molecule has 0 spiro atoms. The summed E-state index contributed by atoms with van der Waals surface area (Å²) in [6.45, 7) is 0. The van der Waals surface area contributed by atoms with Crippen molar-refractivity contribution in [3.05, 3.63) is 52.1 Å². The predicted octanol–water partition coefficient (Wildman–Crippen LogP) is 4.36. The SMILES string of the molecule is COc1cc(C2=NN(C(N)=S)C(c3cn(C)c4ccc(Br)cc34)C2)cc(OC)c1OC. The van der Waals surface area contributed by atoms with Crippen LogP contribution in [0.1, 0.15) is 23.6 Å². The maximum absolute atomic E-state index is 6.07. The number of halogens is 1. The van der Waals surface area contributed by atoms with Gasteiger partial charge in [0, 0.05) is 46.2 Å². The van der Waals surface area contributed by atoms with E-state index in [-0.39, 0.29) is 11.2 Å². The summed E-state index contributed by atoms with van der Waals surface area (Å²) < 4.78 is 19.6. The fraction of sp³-hybridized carbons (Fsp3) is 0.273. The molecule has 0 saturated carbocycles. The molecule has 2 N–H and O–H groups in total. The van der Waals surface area contributed by atoms with Gasteiger partial charge in [0.1, 0.15) is 0 Å². The lowest BCUT2D eigenvalue weighted by atomic mass is 9.97. The first kappa shape index (κ1) is 21.5. The van der Waals surface area contributed by atoms with Crippen molar-refractivity contribution in [2.45, 2.75) is 12.5 Å². The first-order valence-electron chi connectivity index (χ1n) is 9.59. The summed E-state index contributed by atoms with van der Waals surface area (Å²) in [6.07, 6.45) is 2.74. The molecule has 2 aromatic carbocycles. The Balaban J connectivity index is 1.80. The van der Waals surface area contributed by atoms with Crippen molar-refractivity contribution in [3.8, 4) is 17.2 Å². The lowest BCUT2D eigenvalue weighted by Gasteiger charge is -2.21. The highest BCUT2D eigenvalue weighted by atomic mass is 79.9. The zero-order chi connectivity index (χ0) is 22.3. The number of methoxy groups -OCH3 is 3. The lowest BCUT2D eigenvalue weighted by molar-refractivity contribution is 0.324. The van der Waals surface area contributed by atoms with Crippen LogP contribution in [0.2, 0.25) is 0 Å². The Kier molecular flexibility index (Phi) is 5.81. The van der Waals surface area contributed by atoms with E-state index in [4.69, 9.17) is 37.3 Å². The molecule has 162 valence electrons. The summed E-state index contributed by atoms with van der Waals surface area (Å²) in [4.78, 5) is 0. The fourth-order valence-electron chi connectivity index (χ4n) is 4.04. The number of rotatable bonds is 5. The van der Waals surface area contributed by atoms with Crippen LogP contribution in [-0.2, 0) is 7.05 Å². The first-order valence-corrected chi connectivity index (χ1v) is 10.8. The summed E-state index contributed by atoms with van der Waals surface area (Å²) in [5.41, 5.74) is 10.0. The van der Waals surface area contributed by atoms with E-state index >= 15 is 0 Å². The zero-order valence-electron chi connectivity index (χ0n) is 17.7.